The lowest BCUT2D eigenvalue weighted by Crippen LogP contribution is -2.07. The van der Waals surface area contributed by atoms with Gasteiger partial charge in [-0.3, -0.25) is 4.79 Å². The van der Waals surface area contributed by atoms with Crippen LogP contribution in [0.4, 0.5) is 0 Å². The molecule has 0 fully saturated rings. The molecule has 0 radical (unpaired) electrons. The fraction of sp³-hybridized carbons (Fsp3) is 0.700. The fourth-order valence-corrected chi connectivity index (χ4v) is 0.765. The highest BCUT2D eigenvalue weighted by molar-refractivity contribution is 5.69. The summed E-state index contributed by atoms with van der Waals surface area (Å²) in [5.41, 5.74) is 0. The molecule has 0 bridgehead atoms. The van der Waals surface area contributed by atoms with Gasteiger partial charge in [0.2, 0.25) is 0 Å². The van der Waals surface area contributed by atoms with Crippen LogP contribution in [0.15, 0.2) is 12.2 Å². The van der Waals surface area contributed by atoms with Gasteiger partial charge in [0.15, 0.2) is 0 Å². The SMILES string of the molecule is CCCOCC=CCC(C)C(=O)O. The number of carboxylic acids is 1. The Morgan fingerprint density at radius 1 is 1.54 bits per heavy atom. The van der Waals surface area contributed by atoms with Crippen molar-refractivity contribution < 1.29 is 14.6 Å². The molecule has 0 amide bonds. The minimum absolute atomic E-state index is 0.303. The van der Waals surface area contributed by atoms with Gasteiger partial charge in [0.1, 0.15) is 0 Å². The van der Waals surface area contributed by atoms with Crippen molar-refractivity contribution in [3.63, 3.8) is 0 Å². The molecule has 0 spiro atoms. The Balaban J connectivity index is 3.35. The largest absolute Gasteiger partial charge is 0.481 e. The van der Waals surface area contributed by atoms with Crippen LogP contribution >= 0.6 is 0 Å². The average molecular weight is 186 g/mol. The molecule has 0 saturated heterocycles. The van der Waals surface area contributed by atoms with Crippen LogP contribution in [0.5, 0.6) is 0 Å². The second-order valence-corrected chi connectivity index (χ2v) is 3.02. The zero-order chi connectivity index (χ0) is 10.1. The monoisotopic (exact) mass is 186 g/mol. The van der Waals surface area contributed by atoms with Crippen LogP contribution < -0.4 is 0 Å². The van der Waals surface area contributed by atoms with Crippen LogP contribution in [0.1, 0.15) is 26.7 Å². The van der Waals surface area contributed by atoms with Crippen LogP contribution in [-0.2, 0) is 9.53 Å². The molecule has 0 aromatic heterocycles. The standard InChI is InChI=1S/C10H18O3/c1-3-7-13-8-5-4-6-9(2)10(11)12/h4-5,9H,3,6-8H2,1-2H3,(H,11,12). The summed E-state index contributed by atoms with van der Waals surface area (Å²) in [5.74, 6) is -1.05. The van der Waals surface area contributed by atoms with Crippen molar-refractivity contribution in [2.45, 2.75) is 26.7 Å². The van der Waals surface area contributed by atoms with Gasteiger partial charge in [-0.05, 0) is 12.8 Å². The summed E-state index contributed by atoms with van der Waals surface area (Å²) in [6.45, 7) is 5.09. The zero-order valence-electron chi connectivity index (χ0n) is 8.32. The second kappa shape index (κ2) is 7.80. The molecule has 0 aliphatic carbocycles. The van der Waals surface area contributed by atoms with Gasteiger partial charge in [-0.1, -0.05) is 26.0 Å². The van der Waals surface area contributed by atoms with E-state index in [1.807, 2.05) is 12.2 Å². The first-order valence-electron chi connectivity index (χ1n) is 4.64. The van der Waals surface area contributed by atoms with Crippen LogP contribution in [0.3, 0.4) is 0 Å². The van der Waals surface area contributed by atoms with Gasteiger partial charge in [-0.25, -0.2) is 0 Å². The highest BCUT2D eigenvalue weighted by Crippen LogP contribution is 2.01. The van der Waals surface area contributed by atoms with E-state index in [0.29, 0.717) is 13.0 Å². The Morgan fingerprint density at radius 2 is 2.23 bits per heavy atom. The second-order valence-electron chi connectivity index (χ2n) is 3.02. The van der Waals surface area contributed by atoms with E-state index < -0.39 is 5.97 Å². The molecule has 0 rings (SSSR count). The van der Waals surface area contributed by atoms with Gasteiger partial charge in [0.05, 0.1) is 12.5 Å². The lowest BCUT2D eigenvalue weighted by atomic mass is 10.1. The van der Waals surface area contributed by atoms with Crippen molar-refractivity contribution in [3.05, 3.63) is 12.2 Å². The Kier molecular flexibility index (Phi) is 7.30. The van der Waals surface area contributed by atoms with Crippen molar-refractivity contribution in [1.82, 2.24) is 0 Å². The van der Waals surface area contributed by atoms with Crippen molar-refractivity contribution in [1.29, 1.82) is 0 Å². The van der Waals surface area contributed by atoms with E-state index in [4.69, 9.17) is 9.84 Å². The molecule has 0 aliphatic heterocycles. The van der Waals surface area contributed by atoms with E-state index in [9.17, 15) is 4.79 Å². The Morgan fingerprint density at radius 3 is 2.77 bits per heavy atom. The molecule has 0 heterocycles. The molecule has 0 aromatic carbocycles. The van der Waals surface area contributed by atoms with E-state index in [1.54, 1.807) is 6.92 Å². The smallest absolute Gasteiger partial charge is 0.306 e. The lowest BCUT2D eigenvalue weighted by Gasteiger charge is -2.00. The van der Waals surface area contributed by atoms with E-state index in [0.717, 1.165) is 13.0 Å². The van der Waals surface area contributed by atoms with Crippen molar-refractivity contribution in [2.75, 3.05) is 13.2 Å². The van der Waals surface area contributed by atoms with Crippen molar-refractivity contribution in [2.24, 2.45) is 5.92 Å². The Hall–Kier alpha value is -0.830. The Labute approximate surface area is 79.4 Å². The van der Waals surface area contributed by atoms with Gasteiger partial charge >= 0.3 is 5.97 Å². The third-order valence-electron chi connectivity index (χ3n) is 1.64. The number of ether oxygens (including phenoxy) is 1. The van der Waals surface area contributed by atoms with Crippen LogP contribution in [0.25, 0.3) is 0 Å². The third-order valence-corrected chi connectivity index (χ3v) is 1.64. The maximum atomic E-state index is 10.4. The number of carboxylic acid groups (broad SMARTS) is 1. The van der Waals surface area contributed by atoms with Gasteiger partial charge in [-0.2, -0.15) is 0 Å². The highest BCUT2D eigenvalue weighted by Gasteiger charge is 2.06. The normalized spacial score (nSPS) is 13.4. The highest BCUT2D eigenvalue weighted by atomic mass is 16.5. The summed E-state index contributed by atoms with van der Waals surface area (Å²) in [5, 5.41) is 8.56. The number of hydrogen-bond acceptors (Lipinski definition) is 2. The summed E-state index contributed by atoms with van der Waals surface area (Å²) >= 11 is 0. The van der Waals surface area contributed by atoms with E-state index in [1.165, 1.54) is 0 Å². The van der Waals surface area contributed by atoms with E-state index in [-0.39, 0.29) is 5.92 Å². The predicted octanol–water partition coefficient (Wildman–Crippen LogP) is 2.08. The molecule has 76 valence electrons. The van der Waals surface area contributed by atoms with E-state index in [2.05, 4.69) is 6.92 Å². The van der Waals surface area contributed by atoms with Crippen LogP contribution in [0.2, 0.25) is 0 Å². The average Bonchev–Trinajstić information content (AvgIpc) is 2.10. The summed E-state index contributed by atoms with van der Waals surface area (Å²) in [6, 6.07) is 0. The zero-order valence-corrected chi connectivity index (χ0v) is 8.32. The minimum Gasteiger partial charge on any atom is -0.481 e. The maximum absolute atomic E-state index is 10.4. The molecule has 0 aliphatic rings. The molecular formula is C10H18O3. The molecular weight excluding hydrogens is 168 g/mol. The predicted molar refractivity (Wildman–Crippen MR) is 51.7 cm³/mol. The summed E-state index contributed by atoms with van der Waals surface area (Å²) in [4.78, 5) is 10.4. The molecule has 3 nitrogen and oxygen atoms in total. The van der Waals surface area contributed by atoms with Crippen LogP contribution in [0, 0.1) is 5.92 Å². The number of aliphatic carboxylic acids is 1. The van der Waals surface area contributed by atoms with Gasteiger partial charge in [-0.15, -0.1) is 0 Å². The summed E-state index contributed by atoms with van der Waals surface area (Å²) in [7, 11) is 0. The molecule has 0 aromatic rings. The fourth-order valence-electron chi connectivity index (χ4n) is 0.765. The molecule has 3 heteroatoms. The first-order valence-corrected chi connectivity index (χ1v) is 4.64. The summed E-state index contributed by atoms with van der Waals surface area (Å²) < 4.78 is 5.19. The molecule has 1 atom stereocenters. The first kappa shape index (κ1) is 12.2. The first-order chi connectivity index (χ1) is 6.18. The van der Waals surface area contributed by atoms with Gasteiger partial charge < -0.3 is 9.84 Å². The summed E-state index contributed by atoms with van der Waals surface area (Å²) in [6.07, 6.45) is 5.31. The quantitative estimate of drug-likeness (QED) is 0.489. The number of carbonyl (C=O) groups is 1. The number of allylic oxidation sites excluding steroid dienone is 1. The van der Waals surface area contributed by atoms with Gasteiger partial charge in [0.25, 0.3) is 0 Å². The molecule has 1 N–H and O–H groups in total. The third kappa shape index (κ3) is 7.53. The van der Waals surface area contributed by atoms with Gasteiger partial charge in [0, 0.05) is 6.61 Å². The minimum atomic E-state index is -0.751. The van der Waals surface area contributed by atoms with Crippen molar-refractivity contribution >= 4 is 5.97 Å². The topological polar surface area (TPSA) is 46.5 Å². The molecule has 0 saturated carbocycles. The maximum Gasteiger partial charge on any atom is 0.306 e. The van der Waals surface area contributed by atoms with E-state index >= 15 is 0 Å². The molecule has 1 unspecified atom stereocenters. The number of rotatable bonds is 7. The van der Waals surface area contributed by atoms with Crippen LogP contribution in [-0.4, -0.2) is 24.3 Å². The number of hydrogen-bond donors (Lipinski definition) is 1. The van der Waals surface area contributed by atoms with Crippen molar-refractivity contribution in [3.8, 4) is 0 Å². The lowest BCUT2D eigenvalue weighted by molar-refractivity contribution is -0.140. The molecule has 13 heavy (non-hydrogen) atoms. The Bertz CT molecular complexity index is 164.